The highest BCUT2D eigenvalue weighted by molar-refractivity contribution is 9.10. The van der Waals surface area contributed by atoms with E-state index in [1.165, 1.54) is 44.9 Å². The first-order chi connectivity index (χ1) is 9.24. The largest absolute Gasteiger partial charge is 0.356 e. The topological polar surface area (TPSA) is 44.9 Å². The predicted molar refractivity (Wildman–Crippen MR) is 83.4 cm³/mol. The van der Waals surface area contributed by atoms with Crippen LogP contribution in [-0.4, -0.2) is 17.4 Å². The van der Waals surface area contributed by atoms with Gasteiger partial charge in [-0.1, -0.05) is 51.9 Å². The van der Waals surface area contributed by atoms with Crippen LogP contribution in [0.15, 0.2) is 16.7 Å². The van der Waals surface area contributed by atoms with E-state index < -0.39 is 0 Å². The van der Waals surface area contributed by atoms with E-state index in [9.17, 15) is 4.79 Å². The number of carbonyl (C=O) groups excluding carboxylic acids is 1. The number of hydrogen-bond acceptors (Lipinski definition) is 1. The SMILES string of the molecule is CCCCCCCCCCNC(=O)c1cc(Br)c[nH]1. The fraction of sp³-hybridized carbons (Fsp3) is 0.667. The standard InChI is InChI=1S/C15H25BrN2O/c1-2-3-4-5-6-7-8-9-10-17-15(19)14-11-13(16)12-18-14/h11-12,18H,2-10H2,1H3,(H,17,19). The van der Waals surface area contributed by atoms with Crippen LogP contribution in [0.5, 0.6) is 0 Å². The monoisotopic (exact) mass is 328 g/mol. The molecule has 0 aliphatic carbocycles. The molecular weight excluding hydrogens is 304 g/mol. The molecule has 1 aromatic heterocycles. The summed E-state index contributed by atoms with van der Waals surface area (Å²) in [5.74, 6) is -0.0198. The number of hydrogen-bond donors (Lipinski definition) is 2. The molecule has 0 aromatic carbocycles. The van der Waals surface area contributed by atoms with Crippen molar-refractivity contribution in [1.29, 1.82) is 0 Å². The number of unbranched alkanes of at least 4 members (excludes halogenated alkanes) is 7. The van der Waals surface area contributed by atoms with Crippen LogP contribution < -0.4 is 5.32 Å². The van der Waals surface area contributed by atoms with Gasteiger partial charge >= 0.3 is 0 Å². The summed E-state index contributed by atoms with van der Waals surface area (Å²) in [6, 6.07) is 1.79. The molecular formula is C15H25BrN2O. The molecule has 4 heteroatoms. The lowest BCUT2D eigenvalue weighted by Gasteiger charge is -2.04. The van der Waals surface area contributed by atoms with Gasteiger partial charge in [-0.25, -0.2) is 0 Å². The van der Waals surface area contributed by atoms with E-state index in [2.05, 4.69) is 33.2 Å². The second-order valence-electron chi connectivity index (χ2n) is 4.96. The van der Waals surface area contributed by atoms with Gasteiger partial charge in [0.2, 0.25) is 0 Å². The molecule has 0 saturated heterocycles. The molecule has 0 aliphatic rings. The molecule has 1 heterocycles. The first kappa shape index (κ1) is 16.3. The van der Waals surface area contributed by atoms with Gasteiger partial charge in [0.25, 0.3) is 5.91 Å². The van der Waals surface area contributed by atoms with Crippen LogP contribution in [0.1, 0.15) is 68.8 Å². The first-order valence-corrected chi connectivity index (χ1v) is 8.15. The maximum absolute atomic E-state index is 11.7. The minimum absolute atomic E-state index is 0.0198. The maximum Gasteiger partial charge on any atom is 0.267 e. The van der Waals surface area contributed by atoms with Crippen molar-refractivity contribution in [2.45, 2.75) is 58.3 Å². The summed E-state index contributed by atoms with van der Waals surface area (Å²) >= 11 is 3.32. The molecule has 0 fully saturated rings. The predicted octanol–water partition coefficient (Wildman–Crippen LogP) is 4.65. The van der Waals surface area contributed by atoms with E-state index in [4.69, 9.17) is 0 Å². The molecule has 2 N–H and O–H groups in total. The van der Waals surface area contributed by atoms with Crippen LogP contribution in [0.3, 0.4) is 0 Å². The summed E-state index contributed by atoms with van der Waals surface area (Å²) in [6.07, 6.45) is 12.1. The molecule has 19 heavy (non-hydrogen) atoms. The van der Waals surface area contributed by atoms with Crippen LogP contribution in [0.4, 0.5) is 0 Å². The molecule has 1 rings (SSSR count). The summed E-state index contributed by atoms with van der Waals surface area (Å²) in [5.41, 5.74) is 0.617. The summed E-state index contributed by atoms with van der Waals surface area (Å²) in [5, 5.41) is 2.93. The van der Waals surface area contributed by atoms with Gasteiger partial charge in [0, 0.05) is 17.2 Å². The van der Waals surface area contributed by atoms with Crippen molar-refractivity contribution < 1.29 is 4.79 Å². The van der Waals surface area contributed by atoms with Crippen molar-refractivity contribution in [2.75, 3.05) is 6.54 Å². The van der Waals surface area contributed by atoms with E-state index in [-0.39, 0.29) is 5.91 Å². The van der Waals surface area contributed by atoms with Gasteiger partial charge in [-0.3, -0.25) is 4.79 Å². The van der Waals surface area contributed by atoms with Gasteiger partial charge in [0.1, 0.15) is 5.69 Å². The van der Waals surface area contributed by atoms with E-state index >= 15 is 0 Å². The molecule has 0 aliphatic heterocycles. The Kier molecular flexibility index (Phi) is 8.63. The van der Waals surface area contributed by atoms with E-state index in [0.29, 0.717) is 5.69 Å². The zero-order valence-corrected chi connectivity index (χ0v) is 13.4. The normalized spacial score (nSPS) is 10.6. The summed E-state index contributed by atoms with van der Waals surface area (Å²) in [6.45, 7) is 3.01. The average molecular weight is 329 g/mol. The van der Waals surface area contributed by atoms with Crippen LogP contribution in [-0.2, 0) is 0 Å². The Labute approximate surface area is 124 Å². The van der Waals surface area contributed by atoms with E-state index in [0.717, 1.165) is 17.4 Å². The Morgan fingerprint density at radius 1 is 1.16 bits per heavy atom. The summed E-state index contributed by atoms with van der Waals surface area (Å²) in [4.78, 5) is 14.6. The van der Waals surface area contributed by atoms with Gasteiger partial charge in [-0.05, 0) is 28.4 Å². The molecule has 1 amide bonds. The lowest BCUT2D eigenvalue weighted by Crippen LogP contribution is -2.24. The number of amides is 1. The smallest absolute Gasteiger partial charge is 0.267 e. The highest BCUT2D eigenvalue weighted by Gasteiger charge is 2.06. The van der Waals surface area contributed by atoms with Crippen molar-refractivity contribution in [3.63, 3.8) is 0 Å². The number of halogens is 1. The van der Waals surface area contributed by atoms with Gasteiger partial charge in [0.15, 0.2) is 0 Å². The highest BCUT2D eigenvalue weighted by atomic mass is 79.9. The van der Waals surface area contributed by atoms with Gasteiger partial charge in [-0.15, -0.1) is 0 Å². The quantitative estimate of drug-likeness (QED) is 0.603. The Balaban J connectivity index is 1.95. The summed E-state index contributed by atoms with van der Waals surface area (Å²) in [7, 11) is 0. The van der Waals surface area contributed by atoms with E-state index in [1.54, 1.807) is 12.3 Å². The zero-order valence-electron chi connectivity index (χ0n) is 11.8. The molecule has 3 nitrogen and oxygen atoms in total. The average Bonchev–Trinajstić information content (AvgIpc) is 2.83. The lowest BCUT2D eigenvalue weighted by molar-refractivity contribution is 0.0948. The number of aromatic amines is 1. The second-order valence-corrected chi connectivity index (χ2v) is 5.88. The Bertz CT molecular complexity index is 363. The number of rotatable bonds is 10. The number of aromatic nitrogens is 1. The molecule has 0 bridgehead atoms. The van der Waals surface area contributed by atoms with Crippen LogP contribution in [0, 0.1) is 0 Å². The van der Waals surface area contributed by atoms with Crippen molar-refractivity contribution in [3.8, 4) is 0 Å². The number of H-pyrrole nitrogens is 1. The van der Waals surface area contributed by atoms with E-state index in [1.807, 2.05) is 0 Å². The molecule has 1 aromatic rings. The van der Waals surface area contributed by atoms with Crippen molar-refractivity contribution >= 4 is 21.8 Å². The fourth-order valence-corrected chi connectivity index (χ4v) is 2.40. The minimum atomic E-state index is -0.0198. The maximum atomic E-state index is 11.7. The molecule has 0 atom stereocenters. The second kappa shape index (κ2) is 10.1. The van der Waals surface area contributed by atoms with Crippen LogP contribution in [0.2, 0.25) is 0 Å². The number of carbonyl (C=O) groups is 1. The summed E-state index contributed by atoms with van der Waals surface area (Å²) < 4.78 is 0.907. The Hall–Kier alpha value is -0.770. The Morgan fingerprint density at radius 3 is 2.37 bits per heavy atom. The van der Waals surface area contributed by atoms with Crippen molar-refractivity contribution in [1.82, 2.24) is 10.3 Å². The highest BCUT2D eigenvalue weighted by Crippen LogP contribution is 2.10. The van der Waals surface area contributed by atoms with Crippen molar-refractivity contribution in [2.24, 2.45) is 0 Å². The van der Waals surface area contributed by atoms with Gasteiger partial charge in [-0.2, -0.15) is 0 Å². The minimum Gasteiger partial charge on any atom is -0.356 e. The van der Waals surface area contributed by atoms with Crippen LogP contribution >= 0.6 is 15.9 Å². The zero-order chi connectivity index (χ0) is 13.9. The third kappa shape index (κ3) is 7.41. The Morgan fingerprint density at radius 2 is 1.79 bits per heavy atom. The fourth-order valence-electron chi connectivity index (χ4n) is 2.06. The van der Waals surface area contributed by atoms with Crippen LogP contribution in [0.25, 0.3) is 0 Å². The molecule has 0 radical (unpaired) electrons. The molecule has 108 valence electrons. The molecule has 0 unspecified atom stereocenters. The van der Waals surface area contributed by atoms with Crippen molar-refractivity contribution in [3.05, 3.63) is 22.4 Å². The third-order valence-corrected chi connectivity index (χ3v) is 3.67. The molecule has 0 spiro atoms. The third-order valence-electron chi connectivity index (χ3n) is 3.21. The van der Waals surface area contributed by atoms with Gasteiger partial charge < -0.3 is 10.3 Å². The molecule has 0 saturated carbocycles. The van der Waals surface area contributed by atoms with Gasteiger partial charge in [0.05, 0.1) is 0 Å². The number of nitrogens with one attached hydrogen (secondary N) is 2. The first-order valence-electron chi connectivity index (χ1n) is 7.36. The lowest BCUT2D eigenvalue weighted by atomic mass is 10.1.